The van der Waals surface area contributed by atoms with Crippen molar-refractivity contribution >= 4 is 14.2 Å². The van der Waals surface area contributed by atoms with Gasteiger partial charge in [-0.1, -0.05) is 0 Å². The monoisotopic (exact) mass is 134 g/mol. The highest BCUT2D eigenvalue weighted by Gasteiger charge is 1.85. The van der Waals surface area contributed by atoms with Crippen molar-refractivity contribution in [1.82, 2.24) is 0 Å². The third-order valence-corrected chi connectivity index (χ3v) is 0.862. The Balaban J connectivity index is 2.33. The molecule has 0 spiro atoms. The van der Waals surface area contributed by atoms with Crippen LogP contribution in [0, 0.1) is 0 Å². The lowest BCUT2D eigenvalue weighted by Gasteiger charge is -1.95. The minimum Gasteiger partial charge on any atom is -0.314 e. The molecular formula is C3H3O4P. The zero-order valence-electron chi connectivity index (χ0n) is 3.81. The summed E-state index contributed by atoms with van der Waals surface area (Å²) in [5, 5.41) is 7.90. The van der Waals surface area contributed by atoms with E-state index in [-0.39, 0.29) is 0 Å². The first-order valence-corrected chi connectivity index (χ1v) is 2.72. The normalized spacial score (nSPS) is 21.0. The molecule has 0 unspecified atom stereocenters. The summed E-state index contributed by atoms with van der Waals surface area (Å²) in [4.78, 5) is 4.21. The summed E-state index contributed by atoms with van der Waals surface area (Å²) >= 11 is 0. The van der Waals surface area contributed by atoms with Crippen LogP contribution in [0.25, 0.3) is 0 Å². The quantitative estimate of drug-likeness (QED) is 0.365. The van der Waals surface area contributed by atoms with Crippen molar-refractivity contribution in [3.05, 3.63) is 12.3 Å². The van der Waals surface area contributed by atoms with Gasteiger partial charge in [0.2, 0.25) is 0 Å². The average molecular weight is 134 g/mol. The summed E-state index contributed by atoms with van der Waals surface area (Å²) in [6.07, 6.45) is 2.96. The van der Waals surface area contributed by atoms with E-state index in [0.717, 1.165) is 0 Å². The van der Waals surface area contributed by atoms with E-state index in [1.807, 2.05) is 0 Å². The molecule has 44 valence electrons. The van der Waals surface area contributed by atoms with Gasteiger partial charge >= 0.3 is 0 Å². The Morgan fingerprint density at radius 2 is 2.25 bits per heavy atom. The lowest BCUT2D eigenvalue weighted by atomic mass is 10.7. The van der Waals surface area contributed by atoms with Crippen LogP contribution in [0.15, 0.2) is 12.3 Å². The minimum atomic E-state index is 0.571. The number of allylic oxidation sites excluding steroid dienone is 1. The molecule has 5 heteroatoms. The molecule has 0 amide bonds. The van der Waals surface area contributed by atoms with Gasteiger partial charge in [-0.05, 0) is 16.9 Å². The predicted molar refractivity (Wildman–Crippen MR) is 26.5 cm³/mol. The zero-order valence-corrected chi connectivity index (χ0v) is 4.71. The van der Waals surface area contributed by atoms with Gasteiger partial charge in [0.1, 0.15) is 14.7 Å². The fourth-order valence-corrected chi connectivity index (χ4v) is 0.446. The Hall–Kier alpha value is -0.410. The molecular weight excluding hydrogens is 131 g/mol. The van der Waals surface area contributed by atoms with Gasteiger partial charge in [-0.25, -0.2) is 0 Å². The number of rotatable bonds is 0. The third-order valence-electron chi connectivity index (χ3n) is 0.422. The lowest BCUT2D eigenvalue weighted by Crippen LogP contribution is -1.88. The van der Waals surface area contributed by atoms with Gasteiger partial charge in [-0.3, -0.25) is 0 Å². The summed E-state index contributed by atoms with van der Waals surface area (Å²) in [6.45, 7) is 0. The van der Waals surface area contributed by atoms with E-state index < -0.39 is 0 Å². The van der Waals surface area contributed by atoms with E-state index in [4.69, 9.17) is 0 Å². The van der Waals surface area contributed by atoms with E-state index >= 15 is 0 Å². The van der Waals surface area contributed by atoms with Crippen LogP contribution >= 0.6 is 8.43 Å². The van der Waals surface area contributed by atoms with E-state index in [2.05, 4.69) is 19.6 Å². The first-order valence-electron chi connectivity index (χ1n) is 1.84. The van der Waals surface area contributed by atoms with Crippen molar-refractivity contribution < 1.29 is 19.6 Å². The fraction of sp³-hybridized carbons (Fsp3) is 0. The Morgan fingerprint density at radius 3 is 3.25 bits per heavy atom. The first kappa shape index (κ1) is 5.72. The molecule has 8 heavy (non-hydrogen) atoms. The molecule has 4 nitrogen and oxygen atoms in total. The highest BCUT2D eigenvalue weighted by molar-refractivity contribution is 7.33. The van der Waals surface area contributed by atoms with Crippen molar-refractivity contribution in [2.24, 2.45) is 0 Å². The smallest absolute Gasteiger partial charge is 0.133 e. The summed E-state index contributed by atoms with van der Waals surface area (Å²) in [6, 6.07) is 0. The molecule has 1 heterocycles. The molecule has 0 saturated heterocycles. The van der Waals surface area contributed by atoms with Crippen molar-refractivity contribution in [2.45, 2.75) is 0 Å². The Labute approximate surface area is 47.3 Å². The lowest BCUT2D eigenvalue weighted by molar-refractivity contribution is -0.590. The Morgan fingerprint density at radius 1 is 1.25 bits per heavy atom. The summed E-state index contributed by atoms with van der Waals surface area (Å²) in [5.41, 5.74) is 0. The van der Waals surface area contributed by atoms with Gasteiger partial charge in [0, 0.05) is 5.04 Å². The molecule has 0 atom stereocenters. The largest absolute Gasteiger partial charge is 0.314 e. The molecule has 0 bridgehead atoms. The predicted octanol–water partition coefficient (Wildman–Crippen LogP) is 0.988. The van der Waals surface area contributed by atoms with E-state index in [9.17, 15) is 0 Å². The molecule has 1 rings (SSSR count). The van der Waals surface area contributed by atoms with E-state index in [1.54, 1.807) is 11.9 Å². The fourth-order valence-electron chi connectivity index (χ4n) is 0.196. The standard InChI is InChI=1S/C3H3O4P/c1-2-4-5-6-7-8-3-1/h1-3H. The van der Waals surface area contributed by atoms with Crippen LogP contribution < -0.4 is 0 Å². The maximum absolute atomic E-state index is 4.29. The molecule has 0 radical (unpaired) electrons. The molecule has 0 aromatic carbocycles. The minimum absolute atomic E-state index is 0.571. The van der Waals surface area contributed by atoms with E-state index in [0.29, 0.717) is 8.43 Å². The number of hydrogen-bond donors (Lipinski definition) is 0. The molecule has 1 aliphatic heterocycles. The van der Waals surface area contributed by atoms with Crippen LogP contribution in [-0.2, 0) is 19.6 Å². The second kappa shape index (κ2) is 3.57. The van der Waals surface area contributed by atoms with Gasteiger partial charge in [0.15, 0.2) is 0 Å². The average Bonchev–Trinajstić information content (AvgIpc) is 1.62. The van der Waals surface area contributed by atoms with Crippen LogP contribution in [-0.4, -0.2) is 5.80 Å². The summed E-state index contributed by atoms with van der Waals surface area (Å²) in [7, 11) is 0.571. The van der Waals surface area contributed by atoms with Crippen LogP contribution in [0.5, 0.6) is 0 Å². The van der Waals surface area contributed by atoms with Crippen LogP contribution in [0.1, 0.15) is 0 Å². The van der Waals surface area contributed by atoms with Crippen molar-refractivity contribution in [3.63, 3.8) is 0 Å². The highest BCUT2D eigenvalue weighted by Crippen LogP contribution is 2.01. The van der Waals surface area contributed by atoms with Gasteiger partial charge in [0.25, 0.3) is 0 Å². The van der Waals surface area contributed by atoms with Gasteiger partial charge in [0.05, 0.1) is 0 Å². The van der Waals surface area contributed by atoms with Gasteiger partial charge < -0.3 is 4.89 Å². The molecule has 1 aliphatic rings. The summed E-state index contributed by atoms with van der Waals surface area (Å²) < 4.78 is 4.29. The molecule has 0 N–H and O–H groups in total. The highest BCUT2D eigenvalue weighted by atomic mass is 31.1. The third kappa shape index (κ3) is 2.04. The van der Waals surface area contributed by atoms with Crippen LogP contribution in [0.4, 0.5) is 0 Å². The molecule has 0 saturated carbocycles. The number of hydrogen-bond acceptors (Lipinski definition) is 4. The topological polar surface area (TPSA) is 36.9 Å². The first-order chi connectivity index (χ1) is 4.00. The second-order valence-corrected chi connectivity index (χ2v) is 1.55. The maximum Gasteiger partial charge on any atom is 0.133 e. The molecule has 0 fully saturated rings. The zero-order chi connectivity index (χ0) is 5.66. The summed E-state index contributed by atoms with van der Waals surface area (Å²) in [5.74, 6) is 1.68. The Bertz CT molecular complexity index is 95.9. The molecule has 0 aliphatic carbocycles. The maximum atomic E-state index is 4.29. The Kier molecular flexibility index (Phi) is 2.56. The van der Waals surface area contributed by atoms with Crippen molar-refractivity contribution in [2.75, 3.05) is 0 Å². The van der Waals surface area contributed by atoms with Gasteiger partial charge in [-0.15, -0.1) is 4.67 Å². The van der Waals surface area contributed by atoms with Crippen LogP contribution in [0.3, 0.4) is 0 Å². The second-order valence-electron chi connectivity index (χ2n) is 0.890. The van der Waals surface area contributed by atoms with Gasteiger partial charge in [-0.2, -0.15) is 0 Å². The van der Waals surface area contributed by atoms with Crippen molar-refractivity contribution in [3.8, 4) is 0 Å². The van der Waals surface area contributed by atoms with Crippen molar-refractivity contribution in [1.29, 1.82) is 0 Å². The molecule has 0 aromatic heterocycles. The SMILES string of the molecule is C1=COOOOP=C1. The van der Waals surface area contributed by atoms with E-state index in [1.165, 1.54) is 6.26 Å². The van der Waals surface area contributed by atoms with Crippen LogP contribution in [0.2, 0.25) is 0 Å². The molecule has 0 aromatic rings.